The summed E-state index contributed by atoms with van der Waals surface area (Å²) in [6, 6.07) is 8.08. The fourth-order valence-electron chi connectivity index (χ4n) is 2.56. The number of benzene rings is 1. The SMILES string of the molecule is CCNC(=NCC(O)c1ccc(C(C)(C)C)cc1)NCCc1nc(C)no1. The maximum absolute atomic E-state index is 10.4. The van der Waals surface area contributed by atoms with Crippen molar-refractivity contribution in [1.82, 2.24) is 20.8 Å². The Kier molecular flexibility index (Phi) is 7.36. The predicted octanol–water partition coefficient (Wildman–Crippen LogP) is 2.51. The van der Waals surface area contributed by atoms with Gasteiger partial charge in [-0.2, -0.15) is 4.98 Å². The normalized spacial score (nSPS) is 13.5. The fraction of sp³-hybridized carbons (Fsp3) is 0.550. The highest BCUT2D eigenvalue weighted by molar-refractivity contribution is 5.79. The first-order valence-electron chi connectivity index (χ1n) is 9.39. The molecule has 148 valence electrons. The van der Waals surface area contributed by atoms with Crippen molar-refractivity contribution in [3.8, 4) is 0 Å². The molecule has 1 aromatic carbocycles. The molecule has 7 heteroatoms. The number of aromatic nitrogens is 2. The Morgan fingerprint density at radius 3 is 2.48 bits per heavy atom. The number of aryl methyl sites for hydroxylation is 1. The van der Waals surface area contributed by atoms with Crippen LogP contribution in [-0.2, 0) is 11.8 Å². The van der Waals surface area contributed by atoms with E-state index < -0.39 is 6.10 Å². The summed E-state index contributed by atoms with van der Waals surface area (Å²) in [5.41, 5.74) is 2.21. The molecule has 0 amide bonds. The van der Waals surface area contributed by atoms with Gasteiger partial charge in [-0.1, -0.05) is 50.2 Å². The molecule has 0 aliphatic rings. The van der Waals surface area contributed by atoms with Crippen molar-refractivity contribution >= 4 is 5.96 Å². The number of hydrogen-bond donors (Lipinski definition) is 3. The van der Waals surface area contributed by atoms with Crippen LogP contribution in [0.15, 0.2) is 33.8 Å². The van der Waals surface area contributed by atoms with Gasteiger partial charge in [0, 0.05) is 19.5 Å². The summed E-state index contributed by atoms with van der Waals surface area (Å²) < 4.78 is 5.09. The average molecular weight is 374 g/mol. The van der Waals surface area contributed by atoms with Crippen LogP contribution in [0, 0.1) is 6.92 Å². The van der Waals surface area contributed by atoms with Gasteiger partial charge in [0.15, 0.2) is 11.8 Å². The summed E-state index contributed by atoms with van der Waals surface area (Å²) in [5, 5.41) is 20.6. The topological polar surface area (TPSA) is 95.6 Å². The van der Waals surface area contributed by atoms with E-state index in [2.05, 4.69) is 58.7 Å². The van der Waals surface area contributed by atoms with Crippen molar-refractivity contribution in [1.29, 1.82) is 0 Å². The molecule has 0 spiro atoms. The van der Waals surface area contributed by atoms with Gasteiger partial charge in [-0.3, -0.25) is 4.99 Å². The Balaban J connectivity index is 1.90. The molecule has 0 aliphatic heterocycles. The summed E-state index contributed by atoms with van der Waals surface area (Å²) in [4.78, 5) is 8.65. The summed E-state index contributed by atoms with van der Waals surface area (Å²) in [7, 11) is 0. The number of aliphatic imine (C=N–C) groups is 1. The first-order valence-corrected chi connectivity index (χ1v) is 9.39. The van der Waals surface area contributed by atoms with Crippen LogP contribution >= 0.6 is 0 Å². The number of aliphatic hydroxyl groups is 1. The minimum absolute atomic E-state index is 0.0979. The monoisotopic (exact) mass is 373 g/mol. The van der Waals surface area contributed by atoms with E-state index >= 15 is 0 Å². The zero-order chi connectivity index (χ0) is 19.9. The molecule has 1 aromatic heterocycles. The lowest BCUT2D eigenvalue weighted by atomic mass is 9.86. The third-order valence-electron chi connectivity index (χ3n) is 4.13. The Morgan fingerprint density at radius 1 is 1.22 bits per heavy atom. The largest absolute Gasteiger partial charge is 0.386 e. The first kappa shape index (κ1) is 20.9. The Labute approximate surface area is 161 Å². The number of nitrogens with one attached hydrogen (secondary N) is 2. The van der Waals surface area contributed by atoms with E-state index in [0.717, 1.165) is 12.1 Å². The average Bonchev–Trinajstić information content (AvgIpc) is 3.04. The highest BCUT2D eigenvalue weighted by Crippen LogP contribution is 2.24. The van der Waals surface area contributed by atoms with Crippen molar-refractivity contribution in [2.75, 3.05) is 19.6 Å². The Morgan fingerprint density at radius 2 is 1.93 bits per heavy atom. The molecule has 1 heterocycles. The van der Waals surface area contributed by atoms with E-state index in [0.29, 0.717) is 30.6 Å². The molecule has 0 saturated heterocycles. The van der Waals surface area contributed by atoms with Crippen LogP contribution < -0.4 is 10.6 Å². The molecule has 0 bridgehead atoms. The lowest BCUT2D eigenvalue weighted by Gasteiger charge is -2.20. The minimum atomic E-state index is -0.645. The van der Waals surface area contributed by atoms with Crippen LogP contribution in [-0.4, -0.2) is 40.8 Å². The molecule has 0 fully saturated rings. The quantitative estimate of drug-likeness (QED) is 0.510. The van der Waals surface area contributed by atoms with Crippen LogP contribution in [0.2, 0.25) is 0 Å². The number of guanidine groups is 1. The molecule has 2 aromatic rings. The summed E-state index contributed by atoms with van der Waals surface area (Å²) >= 11 is 0. The number of hydrogen-bond acceptors (Lipinski definition) is 5. The first-order chi connectivity index (χ1) is 12.8. The van der Waals surface area contributed by atoms with Crippen molar-refractivity contribution in [3.63, 3.8) is 0 Å². The van der Waals surface area contributed by atoms with Crippen molar-refractivity contribution < 1.29 is 9.63 Å². The second-order valence-electron chi connectivity index (χ2n) is 7.52. The van der Waals surface area contributed by atoms with Gasteiger partial charge in [0.2, 0.25) is 5.89 Å². The second kappa shape index (κ2) is 9.50. The molecule has 0 aliphatic carbocycles. The van der Waals surface area contributed by atoms with Crippen LogP contribution in [0.4, 0.5) is 0 Å². The molecule has 1 atom stereocenters. The zero-order valence-electron chi connectivity index (χ0n) is 16.9. The smallest absolute Gasteiger partial charge is 0.228 e. The van der Waals surface area contributed by atoms with Crippen molar-refractivity contribution in [3.05, 3.63) is 47.1 Å². The van der Waals surface area contributed by atoms with E-state index in [1.807, 2.05) is 19.1 Å². The van der Waals surface area contributed by atoms with E-state index in [4.69, 9.17) is 4.52 Å². The van der Waals surface area contributed by atoms with Gasteiger partial charge < -0.3 is 20.3 Å². The summed E-state index contributed by atoms with van der Waals surface area (Å²) in [6.07, 6.45) is -0.0321. The second-order valence-corrected chi connectivity index (χ2v) is 7.52. The highest BCUT2D eigenvalue weighted by Gasteiger charge is 2.14. The third kappa shape index (κ3) is 6.67. The number of nitrogens with zero attached hydrogens (tertiary/aromatic N) is 3. The predicted molar refractivity (Wildman–Crippen MR) is 107 cm³/mol. The van der Waals surface area contributed by atoms with Gasteiger partial charge >= 0.3 is 0 Å². The molecule has 3 N–H and O–H groups in total. The molecule has 0 saturated carbocycles. The minimum Gasteiger partial charge on any atom is -0.386 e. The Hall–Kier alpha value is -2.41. The van der Waals surface area contributed by atoms with E-state index in [1.54, 1.807) is 6.92 Å². The van der Waals surface area contributed by atoms with Gasteiger partial charge in [0.25, 0.3) is 0 Å². The summed E-state index contributed by atoms with van der Waals surface area (Å²) in [6.45, 7) is 11.9. The lowest BCUT2D eigenvalue weighted by Crippen LogP contribution is -2.38. The van der Waals surface area contributed by atoms with Gasteiger partial charge in [-0.15, -0.1) is 0 Å². The van der Waals surface area contributed by atoms with E-state index in [-0.39, 0.29) is 12.0 Å². The lowest BCUT2D eigenvalue weighted by molar-refractivity contribution is 0.187. The highest BCUT2D eigenvalue weighted by atomic mass is 16.5. The van der Waals surface area contributed by atoms with Gasteiger partial charge in [-0.05, 0) is 30.4 Å². The molecule has 7 nitrogen and oxygen atoms in total. The van der Waals surface area contributed by atoms with Gasteiger partial charge in [0.1, 0.15) is 0 Å². The van der Waals surface area contributed by atoms with Gasteiger partial charge in [0.05, 0.1) is 12.6 Å². The maximum Gasteiger partial charge on any atom is 0.228 e. The Bertz CT molecular complexity index is 732. The van der Waals surface area contributed by atoms with Crippen LogP contribution in [0.25, 0.3) is 0 Å². The van der Waals surface area contributed by atoms with Crippen LogP contribution in [0.3, 0.4) is 0 Å². The molecule has 0 radical (unpaired) electrons. The van der Waals surface area contributed by atoms with E-state index in [9.17, 15) is 5.11 Å². The maximum atomic E-state index is 10.4. The van der Waals surface area contributed by atoms with Gasteiger partial charge in [-0.25, -0.2) is 0 Å². The van der Waals surface area contributed by atoms with Crippen molar-refractivity contribution in [2.24, 2.45) is 4.99 Å². The third-order valence-corrected chi connectivity index (χ3v) is 4.13. The molecule has 2 rings (SSSR count). The number of aliphatic hydroxyl groups excluding tert-OH is 1. The molecular formula is C20H31N5O2. The zero-order valence-corrected chi connectivity index (χ0v) is 16.9. The van der Waals surface area contributed by atoms with Crippen molar-refractivity contribution in [2.45, 2.75) is 52.6 Å². The van der Waals surface area contributed by atoms with Crippen LogP contribution in [0.1, 0.15) is 56.6 Å². The van der Waals surface area contributed by atoms with Crippen LogP contribution in [0.5, 0.6) is 0 Å². The molecular weight excluding hydrogens is 342 g/mol. The summed E-state index contributed by atoms with van der Waals surface area (Å²) in [5.74, 6) is 1.88. The van der Waals surface area contributed by atoms with E-state index in [1.165, 1.54) is 5.56 Å². The molecule has 27 heavy (non-hydrogen) atoms. The number of rotatable bonds is 7. The fourth-order valence-corrected chi connectivity index (χ4v) is 2.56. The standard InChI is InChI=1S/C20H31N5O2/c1-6-21-19(22-12-11-18-24-14(2)25-27-18)23-13-17(26)15-7-9-16(10-8-15)20(3,4)5/h7-10,17,26H,6,11-13H2,1-5H3,(H2,21,22,23). The molecule has 1 unspecified atom stereocenters.